The number of likely N-dealkylation sites (N-methyl/N-ethyl adjacent to an activating group) is 1. The minimum Gasteiger partial charge on any atom is -0.493 e. The third-order valence-corrected chi connectivity index (χ3v) is 11.0. The van der Waals surface area contributed by atoms with E-state index < -0.39 is 11.2 Å². The van der Waals surface area contributed by atoms with Crippen molar-refractivity contribution in [1.82, 2.24) is 4.90 Å². The Morgan fingerprint density at radius 2 is 1.88 bits per heavy atom. The van der Waals surface area contributed by atoms with E-state index in [1.807, 2.05) is 14.0 Å². The van der Waals surface area contributed by atoms with Gasteiger partial charge in [-0.15, -0.1) is 0 Å². The van der Waals surface area contributed by atoms with Crippen molar-refractivity contribution in [2.75, 3.05) is 27.8 Å². The van der Waals surface area contributed by atoms with Crippen LogP contribution in [0.5, 0.6) is 11.5 Å². The first kappa shape index (κ1) is 21.2. The highest BCUT2D eigenvalue weighted by Crippen LogP contribution is 2.77. The summed E-state index contributed by atoms with van der Waals surface area (Å²) in [6.45, 7) is 9.59. The maximum absolute atomic E-state index is 12.1. The van der Waals surface area contributed by atoms with Gasteiger partial charge in [0, 0.05) is 35.5 Å². The monoisotopic (exact) mass is 441 g/mol. The molecule has 4 unspecified atom stereocenters. The van der Waals surface area contributed by atoms with Gasteiger partial charge in [-0.05, 0) is 69.7 Å². The Kier molecular flexibility index (Phi) is 4.00. The largest absolute Gasteiger partial charge is 0.493 e. The summed E-state index contributed by atoms with van der Waals surface area (Å²) in [7, 11) is 5.89. The van der Waals surface area contributed by atoms with Crippen molar-refractivity contribution in [1.29, 1.82) is 0 Å². The molecule has 2 heterocycles. The summed E-state index contributed by atoms with van der Waals surface area (Å²) < 4.78 is 19.4. The van der Waals surface area contributed by atoms with Crippen LogP contribution in [0.15, 0.2) is 12.1 Å². The third kappa shape index (κ3) is 2.01. The van der Waals surface area contributed by atoms with Crippen LogP contribution in [-0.2, 0) is 16.6 Å². The zero-order valence-electron chi connectivity index (χ0n) is 20.7. The molecule has 5 heteroatoms. The minimum atomic E-state index is -0.882. The van der Waals surface area contributed by atoms with E-state index in [2.05, 4.69) is 44.9 Å². The highest BCUT2D eigenvalue weighted by Gasteiger charge is 2.82. The second-order valence-electron chi connectivity index (χ2n) is 12.5. The second-order valence-corrected chi connectivity index (χ2v) is 12.5. The van der Waals surface area contributed by atoms with E-state index in [0.29, 0.717) is 6.04 Å². The fraction of sp³-hybridized carbons (Fsp3) is 0.778. The second kappa shape index (κ2) is 6.03. The fourth-order valence-electron chi connectivity index (χ4n) is 9.01. The normalized spacial score (nSPS) is 43.4. The number of piperidine rings is 1. The molecule has 4 aliphatic carbocycles. The van der Waals surface area contributed by atoms with Crippen molar-refractivity contribution in [2.45, 2.75) is 88.6 Å². The molecule has 0 amide bonds. The van der Waals surface area contributed by atoms with Gasteiger partial charge in [-0.2, -0.15) is 0 Å². The average molecular weight is 442 g/mol. The Bertz CT molecular complexity index is 983. The van der Waals surface area contributed by atoms with Gasteiger partial charge >= 0.3 is 0 Å². The molecule has 1 aromatic carbocycles. The van der Waals surface area contributed by atoms with E-state index >= 15 is 0 Å². The lowest BCUT2D eigenvalue weighted by atomic mass is 9.33. The van der Waals surface area contributed by atoms with Crippen molar-refractivity contribution in [3.8, 4) is 11.5 Å². The number of nitrogens with zero attached hydrogens (tertiary/aromatic N) is 1. The Hall–Kier alpha value is -1.30. The first-order valence-electron chi connectivity index (χ1n) is 12.3. The molecule has 1 saturated heterocycles. The van der Waals surface area contributed by atoms with Crippen LogP contribution in [-0.4, -0.2) is 61.2 Å². The maximum Gasteiger partial charge on any atom is 0.165 e. The van der Waals surface area contributed by atoms with Gasteiger partial charge in [0.25, 0.3) is 0 Å². The number of benzene rings is 1. The van der Waals surface area contributed by atoms with Crippen LogP contribution in [0, 0.1) is 16.7 Å². The molecule has 1 aromatic rings. The van der Waals surface area contributed by atoms with Crippen LogP contribution >= 0.6 is 0 Å². The highest BCUT2D eigenvalue weighted by molar-refractivity contribution is 5.63. The smallest absolute Gasteiger partial charge is 0.165 e. The quantitative estimate of drug-likeness (QED) is 0.770. The van der Waals surface area contributed by atoms with Crippen LogP contribution in [0.1, 0.15) is 64.5 Å². The first-order valence-corrected chi connectivity index (χ1v) is 12.3. The highest BCUT2D eigenvalue weighted by atomic mass is 16.6. The molecular weight excluding hydrogens is 402 g/mol. The molecule has 2 aliphatic heterocycles. The molecule has 3 saturated carbocycles. The van der Waals surface area contributed by atoms with Crippen LogP contribution in [0.2, 0.25) is 0 Å². The van der Waals surface area contributed by atoms with Crippen molar-refractivity contribution < 1.29 is 19.3 Å². The predicted octanol–water partition coefficient (Wildman–Crippen LogP) is 3.94. The molecule has 176 valence electrons. The van der Waals surface area contributed by atoms with E-state index in [4.69, 9.17) is 14.2 Å². The number of ether oxygens (including phenoxy) is 3. The van der Waals surface area contributed by atoms with Gasteiger partial charge in [-0.3, -0.25) is 0 Å². The number of methoxy groups -OCH3 is 2. The number of fused-ring (bicyclic) bond motifs is 2. The third-order valence-electron chi connectivity index (χ3n) is 11.0. The first-order chi connectivity index (χ1) is 15.0. The molecule has 4 bridgehead atoms. The van der Waals surface area contributed by atoms with E-state index in [-0.39, 0.29) is 28.3 Å². The average Bonchev–Trinajstić information content (AvgIpc) is 3.12. The summed E-state index contributed by atoms with van der Waals surface area (Å²) in [4.78, 5) is 2.60. The van der Waals surface area contributed by atoms with Crippen molar-refractivity contribution in [3.63, 3.8) is 0 Å². The lowest BCUT2D eigenvalue weighted by molar-refractivity contribution is -0.311. The van der Waals surface area contributed by atoms with Gasteiger partial charge in [0.2, 0.25) is 0 Å². The summed E-state index contributed by atoms with van der Waals surface area (Å²) in [6, 6.07) is 4.82. The zero-order chi connectivity index (χ0) is 22.9. The van der Waals surface area contributed by atoms with Crippen LogP contribution in [0.4, 0.5) is 0 Å². The summed E-state index contributed by atoms with van der Waals surface area (Å²) >= 11 is 0. The molecular formula is C27H39NO4. The Balaban J connectivity index is 1.65. The number of aliphatic hydroxyl groups is 1. The molecule has 2 spiro atoms. The lowest BCUT2D eigenvalue weighted by Crippen LogP contribution is -2.83. The van der Waals surface area contributed by atoms with Crippen molar-refractivity contribution in [2.24, 2.45) is 16.7 Å². The molecule has 7 rings (SSSR count). The molecule has 5 nitrogen and oxygen atoms in total. The Labute approximate surface area is 192 Å². The number of likely N-dealkylation sites (tertiary alicyclic amines) is 1. The standard InChI is InChI=1S/C27H39NO4/c1-23(2,3)24(4,29)18-15-25-10-11-27(18,31-7)22-26(25)12-13-28(5)19(25)14-16-8-9-17(30-6)21(32-22)20(16)26/h8-9,18-19,22,29H,10-15H2,1-7H3/t18-,19?,22?,24-,25?,26?,27-/m1/s1. The Morgan fingerprint density at radius 3 is 2.53 bits per heavy atom. The predicted molar refractivity (Wildman–Crippen MR) is 123 cm³/mol. The Morgan fingerprint density at radius 1 is 1.12 bits per heavy atom. The van der Waals surface area contributed by atoms with Crippen LogP contribution in [0.25, 0.3) is 0 Å². The maximum atomic E-state index is 12.1. The van der Waals surface area contributed by atoms with Gasteiger partial charge < -0.3 is 24.2 Å². The molecule has 1 N–H and O–H groups in total. The minimum absolute atomic E-state index is 0.00253. The van der Waals surface area contributed by atoms with Gasteiger partial charge in [-0.25, -0.2) is 0 Å². The summed E-state index contributed by atoms with van der Waals surface area (Å²) in [5.74, 6) is 1.79. The van der Waals surface area contributed by atoms with Gasteiger partial charge in [0.05, 0.1) is 12.7 Å². The van der Waals surface area contributed by atoms with E-state index in [0.717, 1.165) is 50.1 Å². The van der Waals surface area contributed by atoms with Crippen LogP contribution < -0.4 is 9.47 Å². The van der Waals surface area contributed by atoms with Gasteiger partial charge in [0.15, 0.2) is 11.5 Å². The number of hydrogen-bond acceptors (Lipinski definition) is 5. The molecule has 0 aromatic heterocycles. The van der Waals surface area contributed by atoms with Gasteiger partial charge in [-0.1, -0.05) is 26.8 Å². The molecule has 6 aliphatic rings. The number of rotatable bonds is 3. The van der Waals surface area contributed by atoms with E-state index in [1.54, 1.807) is 7.11 Å². The zero-order valence-corrected chi connectivity index (χ0v) is 20.7. The van der Waals surface area contributed by atoms with E-state index in [9.17, 15) is 5.11 Å². The molecule has 4 fully saturated rings. The van der Waals surface area contributed by atoms with Gasteiger partial charge in [0.1, 0.15) is 11.7 Å². The summed E-state index contributed by atoms with van der Waals surface area (Å²) in [5, 5.41) is 12.1. The van der Waals surface area contributed by atoms with E-state index in [1.165, 1.54) is 11.1 Å². The van der Waals surface area contributed by atoms with Crippen LogP contribution in [0.3, 0.4) is 0 Å². The number of hydrogen-bond donors (Lipinski definition) is 1. The fourth-order valence-corrected chi connectivity index (χ4v) is 9.01. The molecule has 7 atom stereocenters. The topological polar surface area (TPSA) is 51.2 Å². The summed E-state index contributed by atoms with van der Waals surface area (Å²) in [6.07, 6.45) is 5.07. The SMILES string of the molecule is COc1ccc2c3c1OC1C34CCN(C)C(C2)C42CC[C@@]1(OC)[C@@H]([C@@](C)(O)C(C)(C)C)C2. The van der Waals surface area contributed by atoms with Crippen molar-refractivity contribution >= 4 is 0 Å². The summed E-state index contributed by atoms with van der Waals surface area (Å²) in [5.41, 5.74) is 1.17. The molecule has 0 radical (unpaired) electrons. The molecule has 32 heavy (non-hydrogen) atoms. The van der Waals surface area contributed by atoms with Crippen molar-refractivity contribution in [3.05, 3.63) is 23.3 Å². The lowest BCUT2D eigenvalue weighted by Gasteiger charge is -2.75.